The molecule has 1 aromatic carbocycles. The summed E-state index contributed by atoms with van der Waals surface area (Å²) in [7, 11) is 1.83. The number of aryl methyl sites for hydroxylation is 1. The minimum absolute atomic E-state index is 0.0637. The Hall–Kier alpha value is -1.91. The van der Waals surface area contributed by atoms with Crippen LogP contribution in [0.15, 0.2) is 18.2 Å². The van der Waals surface area contributed by atoms with E-state index in [0.29, 0.717) is 18.0 Å². The molecule has 2 rings (SSSR count). The number of carbonyl (C=O) groups is 1. The van der Waals surface area contributed by atoms with Gasteiger partial charge in [-0.3, -0.25) is 4.79 Å². The molecule has 0 atom stereocenters. The molecule has 0 aliphatic heterocycles. The Morgan fingerprint density at radius 2 is 2.24 bits per heavy atom. The van der Waals surface area contributed by atoms with Crippen molar-refractivity contribution in [1.82, 2.24) is 20.3 Å². The average molecular weight is 232 g/mol. The second-order valence-electron chi connectivity index (χ2n) is 4.52. The van der Waals surface area contributed by atoms with Crippen LogP contribution >= 0.6 is 0 Å². The lowest BCUT2D eigenvalue weighted by molar-refractivity contribution is 0.0949. The van der Waals surface area contributed by atoms with Crippen LogP contribution < -0.4 is 5.32 Å². The zero-order valence-corrected chi connectivity index (χ0v) is 10.3. The Morgan fingerprint density at radius 1 is 1.47 bits per heavy atom. The van der Waals surface area contributed by atoms with Crippen molar-refractivity contribution >= 4 is 16.9 Å². The Balaban J connectivity index is 2.21. The summed E-state index contributed by atoms with van der Waals surface area (Å²) in [5, 5.41) is 10.8. The van der Waals surface area contributed by atoms with Crippen molar-refractivity contribution < 1.29 is 4.79 Å². The monoisotopic (exact) mass is 232 g/mol. The second-order valence-corrected chi connectivity index (χ2v) is 4.52. The fourth-order valence-electron chi connectivity index (χ4n) is 1.58. The van der Waals surface area contributed by atoms with Crippen molar-refractivity contribution in [2.45, 2.75) is 13.8 Å². The molecule has 0 bridgehead atoms. The van der Waals surface area contributed by atoms with Gasteiger partial charge in [0.1, 0.15) is 5.52 Å². The van der Waals surface area contributed by atoms with Gasteiger partial charge >= 0.3 is 0 Å². The van der Waals surface area contributed by atoms with E-state index < -0.39 is 0 Å². The molecule has 17 heavy (non-hydrogen) atoms. The molecule has 1 heterocycles. The lowest BCUT2D eigenvalue weighted by atomic mass is 10.1. The first-order chi connectivity index (χ1) is 8.08. The van der Waals surface area contributed by atoms with Crippen molar-refractivity contribution in [3.05, 3.63) is 23.8 Å². The molecule has 5 nitrogen and oxygen atoms in total. The van der Waals surface area contributed by atoms with Crippen molar-refractivity contribution in [3.63, 3.8) is 0 Å². The highest BCUT2D eigenvalue weighted by Gasteiger charge is 2.09. The lowest BCUT2D eigenvalue weighted by Crippen LogP contribution is -2.27. The maximum Gasteiger partial charge on any atom is 0.251 e. The van der Waals surface area contributed by atoms with E-state index in [0.717, 1.165) is 11.0 Å². The quantitative estimate of drug-likeness (QED) is 0.869. The molecular formula is C12H16N4O. The molecule has 0 aliphatic carbocycles. The van der Waals surface area contributed by atoms with E-state index >= 15 is 0 Å². The van der Waals surface area contributed by atoms with Crippen molar-refractivity contribution in [1.29, 1.82) is 0 Å². The Kier molecular flexibility index (Phi) is 3.08. The van der Waals surface area contributed by atoms with Crippen LogP contribution in [0.25, 0.3) is 11.0 Å². The van der Waals surface area contributed by atoms with Gasteiger partial charge in [-0.1, -0.05) is 19.1 Å². The van der Waals surface area contributed by atoms with Gasteiger partial charge in [0.15, 0.2) is 0 Å². The van der Waals surface area contributed by atoms with E-state index in [1.54, 1.807) is 16.8 Å². The molecule has 1 aromatic heterocycles. The van der Waals surface area contributed by atoms with Crippen molar-refractivity contribution in [3.8, 4) is 0 Å². The molecule has 90 valence electrons. The van der Waals surface area contributed by atoms with Crippen molar-refractivity contribution in [2.75, 3.05) is 6.54 Å². The van der Waals surface area contributed by atoms with E-state index in [4.69, 9.17) is 0 Å². The van der Waals surface area contributed by atoms with Gasteiger partial charge in [-0.05, 0) is 24.1 Å². The van der Waals surface area contributed by atoms with Gasteiger partial charge in [-0.25, -0.2) is 4.68 Å². The van der Waals surface area contributed by atoms with E-state index in [2.05, 4.69) is 29.5 Å². The number of amides is 1. The predicted molar refractivity (Wildman–Crippen MR) is 65.7 cm³/mol. The summed E-state index contributed by atoms with van der Waals surface area (Å²) in [5.74, 6) is 0.380. The highest BCUT2D eigenvalue weighted by Crippen LogP contribution is 2.12. The van der Waals surface area contributed by atoms with Crippen LogP contribution in [-0.4, -0.2) is 27.4 Å². The highest BCUT2D eigenvalue weighted by molar-refractivity contribution is 5.97. The topological polar surface area (TPSA) is 59.8 Å². The van der Waals surface area contributed by atoms with Gasteiger partial charge in [-0.15, -0.1) is 5.10 Å². The number of hydrogen-bond donors (Lipinski definition) is 1. The normalized spacial score (nSPS) is 11.1. The van der Waals surface area contributed by atoms with Gasteiger partial charge < -0.3 is 5.32 Å². The van der Waals surface area contributed by atoms with E-state index in [1.165, 1.54) is 0 Å². The Morgan fingerprint density at radius 3 is 2.94 bits per heavy atom. The molecule has 2 aromatic rings. The van der Waals surface area contributed by atoms with Crippen LogP contribution in [0.4, 0.5) is 0 Å². The summed E-state index contributed by atoms with van der Waals surface area (Å²) in [6, 6.07) is 5.42. The standard InChI is InChI=1S/C12H16N4O/c1-8(2)7-13-12(17)9-4-5-11-10(6-9)14-15-16(11)3/h4-6,8H,7H2,1-3H3,(H,13,17). The summed E-state index contributed by atoms with van der Waals surface area (Å²) < 4.78 is 1.69. The number of nitrogens with one attached hydrogen (secondary N) is 1. The minimum Gasteiger partial charge on any atom is -0.352 e. The van der Waals surface area contributed by atoms with Crippen LogP contribution in [0.3, 0.4) is 0 Å². The molecule has 0 aliphatic rings. The SMILES string of the molecule is CC(C)CNC(=O)c1ccc2c(c1)nnn2C. The maximum atomic E-state index is 11.8. The molecule has 0 saturated carbocycles. The third-order valence-corrected chi connectivity index (χ3v) is 2.54. The third kappa shape index (κ3) is 2.43. The zero-order valence-electron chi connectivity index (χ0n) is 10.3. The van der Waals surface area contributed by atoms with Crippen LogP contribution in [0, 0.1) is 5.92 Å². The first-order valence-electron chi connectivity index (χ1n) is 5.65. The third-order valence-electron chi connectivity index (χ3n) is 2.54. The predicted octanol–water partition coefficient (Wildman–Crippen LogP) is 1.35. The van der Waals surface area contributed by atoms with Crippen LogP contribution in [0.2, 0.25) is 0 Å². The van der Waals surface area contributed by atoms with Gasteiger partial charge in [0.05, 0.1) is 5.52 Å². The first-order valence-corrected chi connectivity index (χ1v) is 5.65. The van der Waals surface area contributed by atoms with Gasteiger partial charge in [0.2, 0.25) is 0 Å². The number of hydrogen-bond acceptors (Lipinski definition) is 3. The average Bonchev–Trinajstić information content (AvgIpc) is 2.67. The fraction of sp³-hybridized carbons (Fsp3) is 0.417. The van der Waals surface area contributed by atoms with E-state index in [9.17, 15) is 4.79 Å². The van der Waals surface area contributed by atoms with Gasteiger partial charge in [0.25, 0.3) is 5.91 Å². The smallest absolute Gasteiger partial charge is 0.251 e. The van der Waals surface area contributed by atoms with E-state index in [-0.39, 0.29) is 5.91 Å². The first kappa shape index (κ1) is 11.6. The molecule has 0 unspecified atom stereocenters. The largest absolute Gasteiger partial charge is 0.352 e. The maximum absolute atomic E-state index is 11.8. The van der Waals surface area contributed by atoms with Gasteiger partial charge in [-0.2, -0.15) is 0 Å². The van der Waals surface area contributed by atoms with Crippen molar-refractivity contribution in [2.24, 2.45) is 13.0 Å². The summed E-state index contributed by atoms with van der Waals surface area (Å²) in [6.07, 6.45) is 0. The molecular weight excluding hydrogens is 216 g/mol. The van der Waals surface area contributed by atoms with E-state index in [1.807, 2.05) is 13.1 Å². The number of aromatic nitrogens is 3. The molecule has 1 N–H and O–H groups in total. The lowest BCUT2D eigenvalue weighted by Gasteiger charge is -2.07. The zero-order chi connectivity index (χ0) is 12.4. The Labute approximate surface area is 99.8 Å². The molecule has 0 spiro atoms. The molecule has 0 radical (unpaired) electrons. The number of benzene rings is 1. The highest BCUT2D eigenvalue weighted by atomic mass is 16.1. The summed E-state index contributed by atoms with van der Waals surface area (Å²) >= 11 is 0. The summed E-state index contributed by atoms with van der Waals surface area (Å²) in [6.45, 7) is 4.80. The molecule has 0 saturated heterocycles. The number of rotatable bonds is 3. The fourth-order valence-corrected chi connectivity index (χ4v) is 1.58. The van der Waals surface area contributed by atoms with Crippen LogP contribution in [0.1, 0.15) is 24.2 Å². The van der Waals surface area contributed by atoms with Gasteiger partial charge in [0, 0.05) is 19.2 Å². The van der Waals surface area contributed by atoms with Crippen LogP contribution in [-0.2, 0) is 7.05 Å². The molecule has 0 fully saturated rings. The molecule has 1 amide bonds. The summed E-state index contributed by atoms with van der Waals surface area (Å²) in [4.78, 5) is 11.8. The van der Waals surface area contributed by atoms with Crippen LogP contribution in [0.5, 0.6) is 0 Å². The number of fused-ring (bicyclic) bond motifs is 1. The minimum atomic E-state index is -0.0637. The molecule has 5 heteroatoms. The Bertz CT molecular complexity index is 544. The second kappa shape index (κ2) is 4.53. The number of nitrogens with zero attached hydrogens (tertiary/aromatic N) is 3. The summed E-state index contributed by atoms with van der Waals surface area (Å²) in [5.41, 5.74) is 2.29. The number of carbonyl (C=O) groups excluding carboxylic acids is 1.